The van der Waals surface area contributed by atoms with Crippen LogP contribution in [-0.4, -0.2) is 6.54 Å². The number of nitrogens with one attached hydrogen (secondary N) is 1. The zero-order valence-electron chi connectivity index (χ0n) is 11.5. The number of aryl methyl sites for hydroxylation is 1. The van der Waals surface area contributed by atoms with Crippen molar-refractivity contribution >= 4 is 0 Å². The summed E-state index contributed by atoms with van der Waals surface area (Å²) in [7, 11) is 0. The molecule has 19 heavy (non-hydrogen) atoms. The van der Waals surface area contributed by atoms with Crippen molar-refractivity contribution in [3.8, 4) is 0 Å². The minimum Gasteiger partial charge on any atom is -0.306 e. The molecule has 2 aromatic rings. The van der Waals surface area contributed by atoms with Gasteiger partial charge in [-0.05, 0) is 43.1 Å². The topological polar surface area (TPSA) is 12.0 Å². The minimum atomic E-state index is -0.192. The van der Waals surface area contributed by atoms with E-state index < -0.39 is 0 Å². The average molecular weight is 257 g/mol. The molecule has 1 N–H and O–H groups in total. The van der Waals surface area contributed by atoms with E-state index in [2.05, 4.69) is 43.4 Å². The average Bonchev–Trinajstić information content (AvgIpc) is 2.41. The summed E-state index contributed by atoms with van der Waals surface area (Å²) in [4.78, 5) is 0. The summed E-state index contributed by atoms with van der Waals surface area (Å²) in [5.74, 6) is -0.192. The first-order valence-electron chi connectivity index (χ1n) is 6.76. The maximum absolute atomic E-state index is 13.0. The van der Waals surface area contributed by atoms with E-state index in [4.69, 9.17) is 0 Å². The van der Waals surface area contributed by atoms with Crippen molar-refractivity contribution in [2.45, 2.75) is 26.3 Å². The van der Waals surface area contributed by atoms with Gasteiger partial charge in [0.2, 0.25) is 0 Å². The maximum Gasteiger partial charge on any atom is 0.123 e. The monoisotopic (exact) mass is 257 g/mol. The van der Waals surface area contributed by atoms with Crippen molar-refractivity contribution < 1.29 is 4.39 Å². The summed E-state index contributed by atoms with van der Waals surface area (Å²) >= 11 is 0. The molecule has 0 radical (unpaired) electrons. The van der Waals surface area contributed by atoms with Gasteiger partial charge in [-0.2, -0.15) is 0 Å². The molecular weight excluding hydrogens is 237 g/mol. The van der Waals surface area contributed by atoms with Crippen LogP contribution in [0.15, 0.2) is 48.5 Å². The predicted molar refractivity (Wildman–Crippen MR) is 77.7 cm³/mol. The third-order valence-corrected chi connectivity index (χ3v) is 3.18. The SMILES string of the molecule is CCCNC(c1ccc(F)cc1)c1cccc(C)c1. The predicted octanol–water partition coefficient (Wildman–Crippen LogP) is 4.22. The molecule has 0 amide bonds. The van der Waals surface area contributed by atoms with Crippen LogP contribution >= 0.6 is 0 Å². The Kier molecular flexibility index (Phi) is 4.69. The summed E-state index contributed by atoms with van der Waals surface area (Å²) in [5.41, 5.74) is 3.56. The fourth-order valence-electron chi connectivity index (χ4n) is 2.22. The zero-order chi connectivity index (χ0) is 13.7. The molecule has 0 heterocycles. The zero-order valence-corrected chi connectivity index (χ0v) is 11.5. The fourth-order valence-corrected chi connectivity index (χ4v) is 2.22. The molecular formula is C17H20FN. The molecule has 1 nitrogen and oxygen atoms in total. The highest BCUT2D eigenvalue weighted by Crippen LogP contribution is 2.23. The van der Waals surface area contributed by atoms with Gasteiger partial charge in [-0.25, -0.2) is 4.39 Å². The number of halogens is 1. The van der Waals surface area contributed by atoms with Gasteiger partial charge in [-0.3, -0.25) is 0 Å². The number of hydrogen-bond donors (Lipinski definition) is 1. The summed E-state index contributed by atoms with van der Waals surface area (Å²) in [6, 6.07) is 15.3. The van der Waals surface area contributed by atoms with Crippen LogP contribution in [0.1, 0.15) is 36.1 Å². The van der Waals surface area contributed by atoms with Crippen LogP contribution in [0, 0.1) is 12.7 Å². The highest BCUT2D eigenvalue weighted by molar-refractivity contribution is 5.34. The lowest BCUT2D eigenvalue weighted by atomic mass is 9.97. The van der Waals surface area contributed by atoms with Gasteiger partial charge >= 0.3 is 0 Å². The number of benzene rings is 2. The Morgan fingerprint density at radius 1 is 1.05 bits per heavy atom. The van der Waals surface area contributed by atoms with Gasteiger partial charge in [0, 0.05) is 0 Å². The van der Waals surface area contributed by atoms with E-state index >= 15 is 0 Å². The highest BCUT2D eigenvalue weighted by Gasteiger charge is 2.13. The molecule has 0 aliphatic heterocycles. The molecule has 0 fully saturated rings. The lowest BCUT2D eigenvalue weighted by Gasteiger charge is -2.20. The molecule has 0 aliphatic rings. The van der Waals surface area contributed by atoms with E-state index in [0.29, 0.717) is 0 Å². The molecule has 1 unspecified atom stereocenters. The summed E-state index contributed by atoms with van der Waals surface area (Å²) in [6.07, 6.45) is 1.07. The van der Waals surface area contributed by atoms with E-state index in [0.717, 1.165) is 18.5 Å². The van der Waals surface area contributed by atoms with E-state index in [9.17, 15) is 4.39 Å². The molecule has 0 bridgehead atoms. The lowest BCUT2D eigenvalue weighted by molar-refractivity contribution is 0.593. The standard InChI is InChI=1S/C17H20FN/c1-3-11-19-17(14-7-9-16(18)10-8-14)15-6-4-5-13(2)12-15/h4-10,12,17,19H,3,11H2,1-2H3. The van der Waals surface area contributed by atoms with Gasteiger partial charge in [-0.15, -0.1) is 0 Å². The van der Waals surface area contributed by atoms with Gasteiger partial charge in [0.25, 0.3) is 0 Å². The summed E-state index contributed by atoms with van der Waals surface area (Å²) in [5, 5.41) is 3.53. The molecule has 0 spiro atoms. The molecule has 2 rings (SSSR count). The first-order chi connectivity index (χ1) is 9.20. The maximum atomic E-state index is 13.0. The molecule has 2 heteroatoms. The van der Waals surface area contributed by atoms with Gasteiger partial charge in [0.05, 0.1) is 6.04 Å². The summed E-state index contributed by atoms with van der Waals surface area (Å²) < 4.78 is 13.0. The summed E-state index contributed by atoms with van der Waals surface area (Å²) in [6.45, 7) is 5.17. The van der Waals surface area contributed by atoms with Crippen LogP contribution in [-0.2, 0) is 0 Å². The van der Waals surface area contributed by atoms with Gasteiger partial charge in [0.15, 0.2) is 0 Å². The van der Waals surface area contributed by atoms with Crippen LogP contribution in [0.2, 0.25) is 0 Å². The van der Waals surface area contributed by atoms with Crippen LogP contribution in [0.25, 0.3) is 0 Å². The highest BCUT2D eigenvalue weighted by atomic mass is 19.1. The fraction of sp³-hybridized carbons (Fsp3) is 0.294. The Hall–Kier alpha value is -1.67. The second-order valence-electron chi connectivity index (χ2n) is 4.85. The van der Waals surface area contributed by atoms with Crippen molar-refractivity contribution in [1.29, 1.82) is 0 Å². The second kappa shape index (κ2) is 6.48. The molecule has 2 aromatic carbocycles. The molecule has 0 aliphatic carbocycles. The molecule has 0 saturated carbocycles. The molecule has 100 valence electrons. The van der Waals surface area contributed by atoms with Crippen LogP contribution in [0.4, 0.5) is 4.39 Å². The van der Waals surface area contributed by atoms with Crippen molar-refractivity contribution in [3.63, 3.8) is 0 Å². The Bertz CT molecular complexity index is 519. The number of rotatable bonds is 5. The number of hydrogen-bond acceptors (Lipinski definition) is 1. The van der Waals surface area contributed by atoms with Gasteiger partial charge in [-0.1, -0.05) is 48.9 Å². The largest absolute Gasteiger partial charge is 0.306 e. The third kappa shape index (κ3) is 3.65. The Morgan fingerprint density at radius 2 is 1.79 bits per heavy atom. The second-order valence-corrected chi connectivity index (χ2v) is 4.85. The Morgan fingerprint density at radius 3 is 2.42 bits per heavy atom. The quantitative estimate of drug-likeness (QED) is 0.845. The molecule has 0 saturated heterocycles. The van der Waals surface area contributed by atoms with Gasteiger partial charge < -0.3 is 5.32 Å². The van der Waals surface area contributed by atoms with Crippen molar-refractivity contribution in [1.82, 2.24) is 5.32 Å². The lowest BCUT2D eigenvalue weighted by Crippen LogP contribution is -2.23. The normalized spacial score (nSPS) is 12.4. The van der Waals surface area contributed by atoms with Crippen LogP contribution in [0.5, 0.6) is 0 Å². The Balaban J connectivity index is 2.32. The van der Waals surface area contributed by atoms with Gasteiger partial charge in [0.1, 0.15) is 5.82 Å². The first kappa shape index (κ1) is 13.8. The molecule has 1 atom stereocenters. The van der Waals surface area contributed by atoms with Crippen molar-refractivity contribution in [2.75, 3.05) is 6.54 Å². The van der Waals surface area contributed by atoms with Crippen molar-refractivity contribution in [2.24, 2.45) is 0 Å². The first-order valence-corrected chi connectivity index (χ1v) is 6.76. The Labute approximate surface area is 114 Å². The van der Waals surface area contributed by atoms with E-state index in [1.54, 1.807) is 0 Å². The van der Waals surface area contributed by atoms with E-state index in [1.807, 2.05) is 12.1 Å². The minimum absolute atomic E-state index is 0.125. The van der Waals surface area contributed by atoms with Crippen LogP contribution < -0.4 is 5.32 Å². The smallest absolute Gasteiger partial charge is 0.123 e. The van der Waals surface area contributed by atoms with E-state index in [-0.39, 0.29) is 11.9 Å². The third-order valence-electron chi connectivity index (χ3n) is 3.18. The van der Waals surface area contributed by atoms with E-state index in [1.165, 1.54) is 23.3 Å². The van der Waals surface area contributed by atoms with Crippen LogP contribution in [0.3, 0.4) is 0 Å². The molecule has 0 aromatic heterocycles. The van der Waals surface area contributed by atoms with Crippen molar-refractivity contribution in [3.05, 3.63) is 71.0 Å².